The van der Waals surface area contributed by atoms with Crippen molar-refractivity contribution in [2.75, 3.05) is 25.0 Å². The van der Waals surface area contributed by atoms with E-state index in [1.54, 1.807) is 0 Å². The molecule has 0 spiro atoms. The van der Waals surface area contributed by atoms with Gasteiger partial charge in [0.1, 0.15) is 16.8 Å². The Bertz CT molecular complexity index is 507. The maximum absolute atomic E-state index is 6.13. The zero-order valence-electron chi connectivity index (χ0n) is 13.2. The van der Waals surface area contributed by atoms with Crippen LogP contribution in [0.1, 0.15) is 45.9 Å². The number of rotatable bonds is 4. The smallest absolute Gasteiger partial charge is 0.137 e. The maximum atomic E-state index is 6.13. The lowest BCUT2D eigenvalue weighted by molar-refractivity contribution is 0.316. The van der Waals surface area contributed by atoms with Gasteiger partial charge in [-0.25, -0.2) is 9.97 Å². The lowest BCUT2D eigenvalue weighted by Gasteiger charge is -2.19. The van der Waals surface area contributed by atoms with Gasteiger partial charge in [-0.15, -0.1) is 0 Å². The molecule has 0 amide bonds. The topological polar surface area (TPSA) is 41.1 Å². The Morgan fingerprint density at radius 2 is 2.05 bits per heavy atom. The Morgan fingerprint density at radius 3 is 2.71 bits per heavy atom. The molecule has 5 heteroatoms. The minimum absolute atomic E-state index is 0.0859. The van der Waals surface area contributed by atoms with E-state index < -0.39 is 0 Å². The van der Waals surface area contributed by atoms with Crippen molar-refractivity contribution in [3.8, 4) is 0 Å². The zero-order chi connectivity index (χ0) is 15.0. The normalized spacial score (nSPS) is 23.5. The van der Waals surface area contributed by atoms with E-state index in [2.05, 4.69) is 41.0 Å². The van der Waals surface area contributed by atoms with E-state index in [1.165, 1.54) is 32.4 Å². The van der Waals surface area contributed by atoms with E-state index in [-0.39, 0.29) is 5.41 Å². The van der Waals surface area contributed by atoms with Crippen molar-refractivity contribution < 1.29 is 0 Å². The quantitative estimate of drug-likeness (QED) is 0.866. The summed E-state index contributed by atoms with van der Waals surface area (Å²) >= 11 is 6.13. The molecule has 1 N–H and O–H groups in total. The van der Waals surface area contributed by atoms with E-state index in [0.717, 1.165) is 30.1 Å². The van der Waals surface area contributed by atoms with Crippen LogP contribution in [-0.2, 0) is 5.41 Å². The average molecular weight is 309 g/mol. The highest BCUT2D eigenvalue weighted by Gasteiger charge is 2.34. The van der Waals surface area contributed by atoms with Gasteiger partial charge in [0.25, 0.3) is 0 Å². The third-order valence-electron chi connectivity index (χ3n) is 4.32. The third-order valence-corrected chi connectivity index (χ3v) is 4.51. The van der Waals surface area contributed by atoms with Gasteiger partial charge in [-0.1, -0.05) is 32.4 Å². The molecule has 2 heterocycles. The zero-order valence-corrected chi connectivity index (χ0v) is 14.0. The SMILES string of the molecule is CC(C)(C)c1nc(Cl)cc(NCC2CCN(C3CC3)C2)n1. The van der Waals surface area contributed by atoms with Crippen LogP contribution in [0, 0.1) is 5.92 Å². The molecule has 4 nitrogen and oxygen atoms in total. The number of halogens is 1. The van der Waals surface area contributed by atoms with Crippen molar-refractivity contribution in [1.29, 1.82) is 0 Å². The van der Waals surface area contributed by atoms with Crippen LogP contribution in [0.25, 0.3) is 0 Å². The monoisotopic (exact) mass is 308 g/mol. The molecular formula is C16H25ClN4. The van der Waals surface area contributed by atoms with Gasteiger partial charge in [-0.2, -0.15) is 0 Å². The summed E-state index contributed by atoms with van der Waals surface area (Å²) in [5, 5.41) is 3.97. The Labute approximate surface area is 132 Å². The third kappa shape index (κ3) is 3.86. The molecule has 2 fully saturated rings. The second-order valence-electron chi connectivity index (χ2n) is 7.41. The van der Waals surface area contributed by atoms with Gasteiger partial charge in [0.15, 0.2) is 0 Å². The van der Waals surface area contributed by atoms with Crippen molar-refractivity contribution in [3.63, 3.8) is 0 Å². The fraction of sp³-hybridized carbons (Fsp3) is 0.750. The summed E-state index contributed by atoms with van der Waals surface area (Å²) in [7, 11) is 0. The fourth-order valence-electron chi connectivity index (χ4n) is 2.89. The lowest BCUT2D eigenvalue weighted by Crippen LogP contribution is -2.25. The number of anilines is 1. The molecule has 116 valence electrons. The van der Waals surface area contributed by atoms with Gasteiger partial charge in [0.05, 0.1) is 0 Å². The van der Waals surface area contributed by atoms with Gasteiger partial charge >= 0.3 is 0 Å². The van der Waals surface area contributed by atoms with Crippen LogP contribution in [0.5, 0.6) is 0 Å². The Balaban J connectivity index is 1.59. The molecule has 3 rings (SSSR count). The number of nitrogens with one attached hydrogen (secondary N) is 1. The molecular weight excluding hydrogens is 284 g/mol. The molecule has 1 aliphatic heterocycles. The van der Waals surface area contributed by atoms with E-state index >= 15 is 0 Å². The highest BCUT2D eigenvalue weighted by molar-refractivity contribution is 6.29. The maximum Gasteiger partial charge on any atom is 0.137 e. The Kier molecular flexibility index (Phi) is 4.10. The molecule has 21 heavy (non-hydrogen) atoms. The number of nitrogens with zero attached hydrogens (tertiary/aromatic N) is 3. The summed E-state index contributed by atoms with van der Waals surface area (Å²) in [6.45, 7) is 9.77. The molecule has 1 saturated carbocycles. The molecule has 2 aliphatic rings. The van der Waals surface area contributed by atoms with Gasteiger partial charge in [-0.3, -0.25) is 0 Å². The first-order valence-electron chi connectivity index (χ1n) is 7.95. The molecule has 1 unspecified atom stereocenters. The van der Waals surface area contributed by atoms with Crippen LogP contribution in [0.2, 0.25) is 5.15 Å². The highest BCUT2D eigenvalue weighted by atomic mass is 35.5. The van der Waals surface area contributed by atoms with Crippen LogP contribution in [0.3, 0.4) is 0 Å². The standard InChI is InChI=1S/C16H25ClN4/c1-16(2,3)15-19-13(17)8-14(20-15)18-9-11-6-7-21(10-11)12-4-5-12/h8,11-12H,4-7,9-10H2,1-3H3,(H,18,19,20). The van der Waals surface area contributed by atoms with E-state index in [9.17, 15) is 0 Å². The van der Waals surface area contributed by atoms with Crippen molar-refractivity contribution in [3.05, 3.63) is 17.0 Å². The van der Waals surface area contributed by atoms with Gasteiger partial charge in [-0.05, 0) is 31.7 Å². The summed E-state index contributed by atoms with van der Waals surface area (Å²) < 4.78 is 0. The van der Waals surface area contributed by atoms with Crippen LogP contribution < -0.4 is 5.32 Å². The predicted octanol–water partition coefficient (Wildman–Crippen LogP) is 3.32. The Hall–Kier alpha value is -0.870. The average Bonchev–Trinajstić information content (AvgIpc) is 3.14. The van der Waals surface area contributed by atoms with Gasteiger partial charge < -0.3 is 10.2 Å². The predicted molar refractivity (Wildman–Crippen MR) is 86.9 cm³/mol. The summed E-state index contributed by atoms with van der Waals surface area (Å²) in [6, 6.07) is 2.71. The second-order valence-corrected chi connectivity index (χ2v) is 7.80. The minimum Gasteiger partial charge on any atom is -0.370 e. The Morgan fingerprint density at radius 1 is 1.29 bits per heavy atom. The largest absolute Gasteiger partial charge is 0.370 e. The molecule has 1 aliphatic carbocycles. The number of aromatic nitrogens is 2. The summed E-state index contributed by atoms with van der Waals surface area (Å²) in [5.74, 6) is 2.37. The molecule has 0 radical (unpaired) electrons. The van der Waals surface area contributed by atoms with Crippen LogP contribution >= 0.6 is 11.6 Å². The van der Waals surface area contributed by atoms with Crippen molar-refractivity contribution in [1.82, 2.24) is 14.9 Å². The number of hydrogen-bond donors (Lipinski definition) is 1. The van der Waals surface area contributed by atoms with Crippen molar-refractivity contribution in [2.45, 2.75) is 51.5 Å². The van der Waals surface area contributed by atoms with Crippen LogP contribution in [0.4, 0.5) is 5.82 Å². The molecule has 0 bridgehead atoms. The molecule has 1 atom stereocenters. The number of hydrogen-bond acceptors (Lipinski definition) is 4. The molecule has 0 aromatic carbocycles. The van der Waals surface area contributed by atoms with Crippen molar-refractivity contribution >= 4 is 17.4 Å². The summed E-state index contributed by atoms with van der Waals surface area (Å²) in [4.78, 5) is 11.6. The molecule has 1 aromatic heterocycles. The lowest BCUT2D eigenvalue weighted by atomic mass is 9.96. The fourth-order valence-corrected chi connectivity index (χ4v) is 3.08. The van der Waals surface area contributed by atoms with Gasteiger partial charge in [0, 0.05) is 30.6 Å². The molecule has 1 aromatic rings. The summed E-state index contributed by atoms with van der Waals surface area (Å²) in [6.07, 6.45) is 4.08. The van der Waals surface area contributed by atoms with E-state index in [1.807, 2.05) is 6.07 Å². The number of likely N-dealkylation sites (tertiary alicyclic amines) is 1. The minimum atomic E-state index is -0.0859. The summed E-state index contributed by atoms with van der Waals surface area (Å²) in [5.41, 5.74) is -0.0859. The second kappa shape index (κ2) is 5.73. The van der Waals surface area contributed by atoms with E-state index in [0.29, 0.717) is 5.15 Å². The van der Waals surface area contributed by atoms with Crippen LogP contribution in [0.15, 0.2) is 6.07 Å². The highest BCUT2D eigenvalue weighted by Crippen LogP contribution is 2.31. The first-order valence-corrected chi connectivity index (χ1v) is 8.32. The first-order chi connectivity index (χ1) is 9.91. The molecule has 1 saturated heterocycles. The van der Waals surface area contributed by atoms with E-state index in [4.69, 9.17) is 11.6 Å². The van der Waals surface area contributed by atoms with Gasteiger partial charge in [0.2, 0.25) is 0 Å². The van der Waals surface area contributed by atoms with Crippen molar-refractivity contribution in [2.24, 2.45) is 5.92 Å². The first kappa shape index (κ1) is 15.0. The van der Waals surface area contributed by atoms with Crippen LogP contribution in [-0.4, -0.2) is 40.5 Å².